The minimum atomic E-state index is -0.153. The van der Waals surface area contributed by atoms with Crippen LogP contribution in [0.25, 0.3) is 0 Å². The van der Waals surface area contributed by atoms with Gasteiger partial charge in [0, 0.05) is 18.1 Å². The number of pyridine rings is 1. The summed E-state index contributed by atoms with van der Waals surface area (Å²) in [5, 5.41) is 11.3. The van der Waals surface area contributed by atoms with Crippen molar-refractivity contribution in [3.8, 4) is 5.75 Å². The largest absolute Gasteiger partial charge is 0.506 e. The van der Waals surface area contributed by atoms with Gasteiger partial charge in [0.05, 0.1) is 17.8 Å². The number of nitrogens with zero attached hydrogens (tertiary/aromatic N) is 2. The number of aromatic nitrogens is 1. The van der Waals surface area contributed by atoms with Gasteiger partial charge in [-0.25, -0.2) is 0 Å². The molecule has 0 saturated carbocycles. The monoisotopic (exact) mass is 262 g/mol. The van der Waals surface area contributed by atoms with Gasteiger partial charge in [0.1, 0.15) is 5.75 Å². The van der Waals surface area contributed by atoms with Crippen LogP contribution in [0.3, 0.4) is 0 Å². The number of amides is 1. The molecule has 0 aliphatic carbocycles. The predicted molar refractivity (Wildman–Crippen MR) is 70.7 cm³/mol. The average Bonchev–Trinajstić information content (AvgIpc) is 2.90. The van der Waals surface area contributed by atoms with Crippen LogP contribution in [0.1, 0.15) is 28.2 Å². The molecule has 0 aromatic carbocycles. The summed E-state index contributed by atoms with van der Waals surface area (Å²) in [6.45, 7) is 1.97. The molecule has 18 heavy (non-hydrogen) atoms. The van der Waals surface area contributed by atoms with Gasteiger partial charge in [-0.15, -0.1) is 11.3 Å². The van der Waals surface area contributed by atoms with Gasteiger partial charge in [0.25, 0.3) is 5.91 Å². The molecule has 0 aliphatic heterocycles. The number of carbonyl (C=O) groups excluding carboxylic acids is 1. The smallest absolute Gasteiger partial charge is 0.255 e. The first-order valence-electron chi connectivity index (χ1n) is 5.54. The Kier molecular flexibility index (Phi) is 3.62. The van der Waals surface area contributed by atoms with Crippen molar-refractivity contribution in [3.63, 3.8) is 0 Å². The first-order chi connectivity index (χ1) is 8.59. The molecule has 2 aromatic rings. The van der Waals surface area contributed by atoms with E-state index in [1.54, 1.807) is 23.3 Å². The van der Waals surface area contributed by atoms with Crippen molar-refractivity contribution in [1.82, 2.24) is 9.88 Å². The second-order valence-corrected chi connectivity index (χ2v) is 5.02. The first kappa shape index (κ1) is 12.6. The lowest BCUT2D eigenvalue weighted by atomic mass is 10.2. The van der Waals surface area contributed by atoms with Crippen LogP contribution in [0.15, 0.2) is 36.0 Å². The summed E-state index contributed by atoms with van der Waals surface area (Å²) in [5.74, 6) is -0.155. The van der Waals surface area contributed by atoms with Gasteiger partial charge in [-0.2, -0.15) is 0 Å². The molecule has 1 unspecified atom stereocenters. The Bertz CT molecular complexity index is 540. The molecule has 2 aromatic heterocycles. The van der Waals surface area contributed by atoms with Gasteiger partial charge in [-0.1, -0.05) is 6.07 Å². The summed E-state index contributed by atoms with van der Waals surface area (Å²) in [5.41, 5.74) is 0.390. The maximum atomic E-state index is 12.2. The van der Waals surface area contributed by atoms with Crippen LogP contribution in [-0.2, 0) is 0 Å². The lowest BCUT2D eigenvalue weighted by Gasteiger charge is -2.24. The summed E-state index contributed by atoms with van der Waals surface area (Å²) in [6, 6.07) is 5.39. The van der Waals surface area contributed by atoms with Gasteiger partial charge in [0.2, 0.25) is 0 Å². The summed E-state index contributed by atoms with van der Waals surface area (Å²) in [6.07, 6.45) is 2.76. The number of carbonyl (C=O) groups is 1. The molecular formula is C13H14N2O2S. The molecule has 0 radical (unpaired) electrons. The highest BCUT2D eigenvalue weighted by atomic mass is 32.1. The van der Waals surface area contributed by atoms with Gasteiger partial charge in [0.15, 0.2) is 0 Å². The molecule has 94 valence electrons. The van der Waals surface area contributed by atoms with Crippen molar-refractivity contribution < 1.29 is 9.90 Å². The van der Waals surface area contributed by atoms with Crippen molar-refractivity contribution in [2.24, 2.45) is 0 Å². The van der Waals surface area contributed by atoms with Gasteiger partial charge < -0.3 is 10.0 Å². The lowest BCUT2D eigenvalue weighted by Crippen LogP contribution is -2.29. The third-order valence-corrected chi connectivity index (χ3v) is 3.87. The van der Waals surface area contributed by atoms with Crippen molar-refractivity contribution in [2.75, 3.05) is 7.05 Å². The van der Waals surface area contributed by atoms with Crippen molar-refractivity contribution in [3.05, 3.63) is 46.4 Å². The summed E-state index contributed by atoms with van der Waals surface area (Å²) < 4.78 is 0. The van der Waals surface area contributed by atoms with E-state index < -0.39 is 0 Å². The number of rotatable bonds is 3. The fourth-order valence-electron chi connectivity index (χ4n) is 1.64. The van der Waals surface area contributed by atoms with E-state index in [4.69, 9.17) is 0 Å². The zero-order valence-corrected chi connectivity index (χ0v) is 11.0. The molecule has 2 rings (SSSR count). The molecule has 1 amide bonds. The third-order valence-electron chi connectivity index (χ3n) is 2.83. The van der Waals surface area contributed by atoms with Gasteiger partial charge in [-0.3, -0.25) is 9.78 Å². The average molecular weight is 262 g/mol. The van der Waals surface area contributed by atoms with Crippen LogP contribution < -0.4 is 0 Å². The predicted octanol–water partition coefficient (Wildman–Crippen LogP) is 2.68. The van der Waals surface area contributed by atoms with E-state index in [2.05, 4.69) is 4.98 Å². The van der Waals surface area contributed by atoms with Crippen molar-refractivity contribution in [1.29, 1.82) is 0 Å². The molecule has 2 heterocycles. The number of aromatic hydroxyl groups is 1. The van der Waals surface area contributed by atoms with E-state index >= 15 is 0 Å². The van der Waals surface area contributed by atoms with Crippen LogP contribution >= 0.6 is 11.3 Å². The molecule has 4 nitrogen and oxygen atoms in total. The molecule has 0 bridgehead atoms. The van der Waals surface area contributed by atoms with Crippen LogP contribution in [0, 0.1) is 0 Å². The zero-order valence-electron chi connectivity index (χ0n) is 10.2. The molecular weight excluding hydrogens is 248 g/mol. The Labute approximate surface area is 110 Å². The Morgan fingerprint density at radius 1 is 1.50 bits per heavy atom. The Morgan fingerprint density at radius 2 is 2.28 bits per heavy atom. The summed E-state index contributed by atoms with van der Waals surface area (Å²) >= 11 is 1.62. The van der Waals surface area contributed by atoms with Crippen LogP contribution in [-0.4, -0.2) is 27.9 Å². The minimum absolute atomic E-state index is 0.000140. The Balaban J connectivity index is 2.19. The SMILES string of the molecule is CC(c1cccs1)N(C)C(=O)c1cncc(O)c1. The number of hydrogen-bond donors (Lipinski definition) is 1. The summed E-state index contributed by atoms with van der Waals surface area (Å²) in [7, 11) is 1.75. The molecule has 0 spiro atoms. The molecule has 0 aliphatic rings. The highest BCUT2D eigenvalue weighted by Crippen LogP contribution is 2.25. The Morgan fingerprint density at radius 3 is 2.89 bits per heavy atom. The maximum absolute atomic E-state index is 12.2. The highest BCUT2D eigenvalue weighted by Gasteiger charge is 2.19. The number of hydrogen-bond acceptors (Lipinski definition) is 4. The van der Waals surface area contributed by atoms with E-state index in [1.165, 1.54) is 18.5 Å². The van der Waals surface area contributed by atoms with E-state index in [-0.39, 0.29) is 17.7 Å². The van der Waals surface area contributed by atoms with Crippen LogP contribution in [0.2, 0.25) is 0 Å². The normalized spacial score (nSPS) is 12.1. The van der Waals surface area contributed by atoms with E-state index in [9.17, 15) is 9.90 Å². The topological polar surface area (TPSA) is 53.4 Å². The number of thiophene rings is 1. The van der Waals surface area contributed by atoms with Crippen LogP contribution in [0.5, 0.6) is 5.75 Å². The van der Waals surface area contributed by atoms with Gasteiger partial charge in [-0.05, 0) is 24.4 Å². The highest BCUT2D eigenvalue weighted by molar-refractivity contribution is 7.10. The van der Waals surface area contributed by atoms with E-state index in [0.717, 1.165) is 4.88 Å². The Hall–Kier alpha value is -1.88. The standard InChI is InChI=1S/C13H14N2O2S/c1-9(12-4-3-5-18-12)15(2)13(17)10-6-11(16)8-14-7-10/h3-9,16H,1-2H3. The molecule has 5 heteroatoms. The maximum Gasteiger partial charge on any atom is 0.255 e. The third kappa shape index (κ3) is 2.51. The fourth-order valence-corrected chi connectivity index (χ4v) is 2.47. The second-order valence-electron chi connectivity index (χ2n) is 4.04. The van der Waals surface area contributed by atoms with Gasteiger partial charge >= 0.3 is 0 Å². The second kappa shape index (κ2) is 5.18. The van der Waals surface area contributed by atoms with Crippen LogP contribution in [0.4, 0.5) is 0 Å². The first-order valence-corrected chi connectivity index (χ1v) is 6.42. The molecule has 1 N–H and O–H groups in total. The van der Waals surface area contributed by atoms with E-state index in [1.807, 2.05) is 24.4 Å². The fraction of sp³-hybridized carbons (Fsp3) is 0.231. The zero-order chi connectivity index (χ0) is 13.1. The quantitative estimate of drug-likeness (QED) is 0.925. The molecule has 1 atom stereocenters. The van der Waals surface area contributed by atoms with Crippen molar-refractivity contribution in [2.45, 2.75) is 13.0 Å². The summed E-state index contributed by atoms with van der Waals surface area (Å²) in [4.78, 5) is 18.8. The minimum Gasteiger partial charge on any atom is -0.506 e. The molecule has 0 saturated heterocycles. The lowest BCUT2D eigenvalue weighted by molar-refractivity contribution is 0.0744. The van der Waals surface area contributed by atoms with Crippen molar-refractivity contribution >= 4 is 17.2 Å². The van der Waals surface area contributed by atoms with E-state index in [0.29, 0.717) is 5.56 Å². The molecule has 0 fully saturated rings.